The van der Waals surface area contributed by atoms with Gasteiger partial charge in [-0.1, -0.05) is 97.9 Å². The summed E-state index contributed by atoms with van der Waals surface area (Å²) < 4.78 is 0. The van der Waals surface area contributed by atoms with Crippen LogP contribution in [0.2, 0.25) is 0 Å². The van der Waals surface area contributed by atoms with Gasteiger partial charge < -0.3 is 10.0 Å². The molecule has 35 heavy (non-hydrogen) atoms. The fraction of sp³-hybridized carbons (Fsp3) is 0.310. The predicted molar refractivity (Wildman–Crippen MR) is 138 cm³/mol. The molecule has 0 bridgehead atoms. The van der Waals surface area contributed by atoms with Crippen LogP contribution in [0.1, 0.15) is 37.0 Å². The number of carboxylic acid groups (broad SMARTS) is 1. The number of likely N-dealkylation sites (N-methyl/N-ethyl adjacent to an activating group) is 2. The summed E-state index contributed by atoms with van der Waals surface area (Å²) in [6.07, 6.45) is 0.372. The molecule has 0 aliphatic carbocycles. The quantitative estimate of drug-likeness (QED) is 0.380. The summed E-state index contributed by atoms with van der Waals surface area (Å²) in [7, 11) is 1.81. The SMILES string of the molecule is CCN(N[C@@](C)(CC(=O)O)c1ccccc1)[C@@H](Cc1ccccc1)C(=O)N(C)Cc1ccccc1. The number of hydrogen-bond acceptors (Lipinski definition) is 4. The van der Waals surface area contributed by atoms with E-state index in [1.165, 1.54) is 0 Å². The third-order valence-electron chi connectivity index (χ3n) is 6.22. The Morgan fingerprint density at radius 3 is 1.91 bits per heavy atom. The summed E-state index contributed by atoms with van der Waals surface area (Å²) in [6, 6.07) is 28.8. The second kappa shape index (κ2) is 12.3. The molecule has 3 aromatic rings. The number of carbonyl (C=O) groups is 2. The van der Waals surface area contributed by atoms with Gasteiger partial charge in [0.1, 0.15) is 6.04 Å². The van der Waals surface area contributed by atoms with Crippen molar-refractivity contribution in [3.8, 4) is 0 Å². The largest absolute Gasteiger partial charge is 0.481 e. The van der Waals surface area contributed by atoms with Gasteiger partial charge in [-0.25, -0.2) is 10.4 Å². The van der Waals surface area contributed by atoms with Gasteiger partial charge in [0.05, 0.1) is 12.0 Å². The highest BCUT2D eigenvalue weighted by Crippen LogP contribution is 2.26. The maximum Gasteiger partial charge on any atom is 0.305 e. The van der Waals surface area contributed by atoms with Crippen LogP contribution in [-0.2, 0) is 28.1 Å². The van der Waals surface area contributed by atoms with E-state index in [-0.39, 0.29) is 12.3 Å². The Hall–Kier alpha value is -3.48. The van der Waals surface area contributed by atoms with Gasteiger partial charge in [0.15, 0.2) is 0 Å². The normalized spacial score (nSPS) is 13.7. The smallest absolute Gasteiger partial charge is 0.305 e. The van der Waals surface area contributed by atoms with Gasteiger partial charge in [0.25, 0.3) is 0 Å². The average molecular weight is 474 g/mol. The minimum absolute atomic E-state index is 0.0298. The number of carboxylic acids is 1. The van der Waals surface area contributed by atoms with Crippen molar-refractivity contribution in [1.29, 1.82) is 0 Å². The molecule has 0 heterocycles. The maximum atomic E-state index is 13.8. The number of rotatable bonds is 12. The van der Waals surface area contributed by atoms with Crippen LogP contribution in [0.25, 0.3) is 0 Å². The third kappa shape index (κ3) is 7.25. The molecule has 0 aromatic heterocycles. The summed E-state index contributed by atoms with van der Waals surface area (Å²) in [4.78, 5) is 27.4. The van der Waals surface area contributed by atoms with Crippen molar-refractivity contribution in [1.82, 2.24) is 15.3 Å². The van der Waals surface area contributed by atoms with Crippen molar-refractivity contribution in [2.45, 2.75) is 44.8 Å². The molecule has 0 aliphatic heterocycles. The molecule has 0 aliphatic rings. The van der Waals surface area contributed by atoms with Crippen LogP contribution in [0.15, 0.2) is 91.0 Å². The third-order valence-corrected chi connectivity index (χ3v) is 6.22. The average Bonchev–Trinajstić information content (AvgIpc) is 2.87. The molecular formula is C29H35N3O3. The summed E-state index contributed by atoms with van der Waals surface area (Å²) in [5.74, 6) is -0.940. The Morgan fingerprint density at radius 2 is 1.40 bits per heavy atom. The van der Waals surface area contributed by atoms with E-state index in [1.54, 1.807) is 4.90 Å². The first-order valence-corrected chi connectivity index (χ1v) is 12.0. The van der Waals surface area contributed by atoms with Crippen LogP contribution < -0.4 is 5.43 Å². The lowest BCUT2D eigenvalue weighted by Gasteiger charge is -2.40. The molecule has 0 saturated heterocycles. The van der Waals surface area contributed by atoms with Crippen LogP contribution in [0.3, 0.4) is 0 Å². The van der Waals surface area contributed by atoms with Crippen molar-refractivity contribution in [3.63, 3.8) is 0 Å². The number of hydrogen-bond donors (Lipinski definition) is 2. The summed E-state index contributed by atoms with van der Waals surface area (Å²) >= 11 is 0. The number of carbonyl (C=O) groups excluding carboxylic acids is 1. The summed E-state index contributed by atoms with van der Waals surface area (Å²) in [5.41, 5.74) is 5.51. The highest BCUT2D eigenvalue weighted by Gasteiger charge is 2.36. The lowest BCUT2D eigenvalue weighted by Crippen LogP contribution is -2.59. The van der Waals surface area contributed by atoms with Gasteiger partial charge in [-0.15, -0.1) is 0 Å². The first kappa shape index (κ1) is 26.1. The number of nitrogens with zero attached hydrogens (tertiary/aromatic N) is 2. The molecule has 2 N–H and O–H groups in total. The molecule has 1 amide bonds. The Morgan fingerprint density at radius 1 is 0.886 bits per heavy atom. The molecule has 0 fully saturated rings. The fourth-order valence-corrected chi connectivity index (χ4v) is 4.37. The first-order chi connectivity index (χ1) is 16.8. The van der Waals surface area contributed by atoms with Gasteiger partial charge in [-0.3, -0.25) is 9.59 Å². The summed E-state index contributed by atoms with van der Waals surface area (Å²) in [5, 5.41) is 11.6. The van der Waals surface area contributed by atoms with E-state index in [0.717, 1.165) is 16.7 Å². The molecule has 3 aromatic carbocycles. The molecule has 0 saturated carbocycles. The van der Waals surface area contributed by atoms with Gasteiger partial charge >= 0.3 is 5.97 Å². The van der Waals surface area contributed by atoms with Crippen LogP contribution in [0, 0.1) is 0 Å². The Kier molecular flexibility index (Phi) is 9.18. The zero-order valence-corrected chi connectivity index (χ0v) is 20.7. The minimum Gasteiger partial charge on any atom is -0.481 e. The zero-order valence-electron chi connectivity index (χ0n) is 20.7. The highest BCUT2D eigenvalue weighted by atomic mass is 16.4. The standard InChI is InChI=1S/C29H35N3O3/c1-4-32(30-29(2,21-27(33)34)25-18-12-7-13-19-25)26(20-23-14-8-5-9-15-23)28(35)31(3)22-24-16-10-6-11-17-24/h5-19,26,30H,4,20-22H2,1-3H3,(H,33,34)/t26-,29-/m0/s1. The Balaban J connectivity index is 1.92. The maximum absolute atomic E-state index is 13.8. The first-order valence-electron chi connectivity index (χ1n) is 12.0. The van der Waals surface area contributed by atoms with Crippen LogP contribution in [0.5, 0.6) is 0 Å². The number of benzene rings is 3. The van der Waals surface area contributed by atoms with Gasteiger partial charge in [0, 0.05) is 20.1 Å². The molecule has 6 nitrogen and oxygen atoms in total. The molecular weight excluding hydrogens is 438 g/mol. The molecule has 0 spiro atoms. The van der Waals surface area contributed by atoms with Crippen molar-refractivity contribution in [2.24, 2.45) is 0 Å². The lowest BCUT2D eigenvalue weighted by molar-refractivity contribution is -0.141. The Bertz CT molecular complexity index is 1080. The second-order valence-electron chi connectivity index (χ2n) is 9.05. The van der Waals surface area contributed by atoms with Crippen molar-refractivity contribution < 1.29 is 14.7 Å². The second-order valence-corrected chi connectivity index (χ2v) is 9.05. The Labute approximate surface area is 208 Å². The topological polar surface area (TPSA) is 72.9 Å². The number of aliphatic carboxylic acids is 1. The minimum atomic E-state index is -0.910. The van der Waals surface area contributed by atoms with Crippen LogP contribution >= 0.6 is 0 Å². The molecule has 0 unspecified atom stereocenters. The van der Waals surface area contributed by atoms with Gasteiger partial charge in [-0.05, 0) is 30.0 Å². The number of hydrazine groups is 1. The monoisotopic (exact) mass is 473 g/mol. The summed E-state index contributed by atoms with van der Waals surface area (Å²) in [6.45, 7) is 4.86. The van der Waals surface area contributed by atoms with Crippen molar-refractivity contribution in [2.75, 3.05) is 13.6 Å². The van der Waals surface area contributed by atoms with E-state index < -0.39 is 17.6 Å². The van der Waals surface area contributed by atoms with Crippen molar-refractivity contribution in [3.05, 3.63) is 108 Å². The van der Waals surface area contributed by atoms with E-state index in [0.29, 0.717) is 19.5 Å². The molecule has 184 valence electrons. The molecule has 2 atom stereocenters. The van der Waals surface area contributed by atoms with Crippen LogP contribution in [-0.4, -0.2) is 46.5 Å². The van der Waals surface area contributed by atoms with E-state index in [1.807, 2.05) is 117 Å². The van der Waals surface area contributed by atoms with Gasteiger partial charge in [-0.2, -0.15) is 0 Å². The highest BCUT2D eigenvalue weighted by molar-refractivity contribution is 5.82. The van der Waals surface area contributed by atoms with E-state index in [9.17, 15) is 14.7 Å². The molecule has 0 radical (unpaired) electrons. The predicted octanol–water partition coefficient (Wildman–Crippen LogP) is 4.47. The van der Waals surface area contributed by atoms with Gasteiger partial charge in [0.2, 0.25) is 5.91 Å². The zero-order chi connectivity index (χ0) is 25.3. The van der Waals surface area contributed by atoms with E-state index >= 15 is 0 Å². The molecule has 6 heteroatoms. The van der Waals surface area contributed by atoms with Crippen molar-refractivity contribution >= 4 is 11.9 Å². The van der Waals surface area contributed by atoms with Crippen LogP contribution in [0.4, 0.5) is 0 Å². The van der Waals surface area contributed by atoms with E-state index in [2.05, 4.69) is 5.43 Å². The number of amides is 1. The lowest BCUT2D eigenvalue weighted by atomic mass is 9.89. The molecule has 3 rings (SSSR count). The fourth-order valence-electron chi connectivity index (χ4n) is 4.37. The number of nitrogens with one attached hydrogen (secondary N) is 1. The van der Waals surface area contributed by atoms with E-state index in [4.69, 9.17) is 0 Å².